The summed E-state index contributed by atoms with van der Waals surface area (Å²) < 4.78 is 37.5. The number of hydrogen-bond acceptors (Lipinski definition) is 5. The summed E-state index contributed by atoms with van der Waals surface area (Å²) in [5, 5.41) is 5.87. The lowest BCUT2D eigenvalue weighted by Crippen LogP contribution is -2.30. The topological polar surface area (TPSA) is 105 Å². The zero-order chi connectivity index (χ0) is 27.3. The third-order valence-electron chi connectivity index (χ3n) is 6.24. The molecule has 0 aliphatic carbocycles. The molecule has 0 unspecified atom stereocenters. The smallest absolute Gasteiger partial charge is 0.411 e. The number of aromatic amines is 1. The van der Waals surface area contributed by atoms with Crippen LogP contribution in [0, 0.1) is 0 Å². The zero-order valence-electron chi connectivity index (χ0n) is 21.2. The molecule has 2 heterocycles. The molecule has 0 spiro atoms. The van der Waals surface area contributed by atoms with E-state index in [-0.39, 0.29) is 24.2 Å². The van der Waals surface area contributed by atoms with Crippen LogP contribution in [0.1, 0.15) is 30.1 Å². The number of carbonyl (C=O) groups excluding carboxylic acids is 2. The zero-order valence-corrected chi connectivity index (χ0v) is 21.2. The van der Waals surface area contributed by atoms with E-state index in [0.29, 0.717) is 22.5 Å². The number of hydrogen-bond donors (Lipinski definition) is 3. The number of halogens is 2. The molecular weight excluding hydrogens is 494 g/mol. The van der Waals surface area contributed by atoms with Crippen molar-refractivity contribution in [3.05, 3.63) is 66.5 Å². The summed E-state index contributed by atoms with van der Waals surface area (Å²) in [5.74, 6) is -2.76. The largest absolute Gasteiger partial charge is 0.496 e. The van der Waals surface area contributed by atoms with Crippen LogP contribution in [0.3, 0.4) is 0 Å². The van der Waals surface area contributed by atoms with Gasteiger partial charge in [-0.1, -0.05) is 31.2 Å². The highest BCUT2D eigenvalue weighted by Crippen LogP contribution is 2.36. The van der Waals surface area contributed by atoms with Crippen LogP contribution >= 0.6 is 0 Å². The summed E-state index contributed by atoms with van der Waals surface area (Å²) in [4.78, 5) is 32.5. The third kappa shape index (κ3) is 5.74. The molecule has 2 aromatic carbocycles. The minimum Gasteiger partial charge on any atom is -0.496 e. The molecule has 0 aliphatic heterocycles. The number of H-pyrrole nitrogens is 1. The van der Waals surface area contributed by atoms with Gasteiger partial charge in [0.1, 0.15) is 11.4 Å². The molecule has 4 rings (SSSR count). The molecule has 10 heteroatoms. The van der Waals surface area contributed by atoms with Crippen LogP contribution in [0.15, 0.2) is 60.9 Å². The van der Waals surface area contributed by atoms with Gasteiger partial charge < -0.3 is 19.8 Å². The lowest BCUT2D eigenvalue weighted by molar-refractivity contribution is -0.0104. The lowest BCUT2D eigenvalue weighted by atomic mass is 9.99. The molecule has 0 radical (unpaired) electrons. The second-order valence-electron chi connectivity index (χ2n) is 8.62. The number of methoxy groups -OCH3 is 2. The number of amides is 2. The van der Waals surface area contributed by atoms with Crippen LogP contribution in [0.2, 0.25) is 0 Å². The van der Waals surface area contributed by atoms with Crippen molar-refractivity contribution in [1.29, 1.82) is 0 Å². The number of aromatic nitrogens is 2. The molecule has 4 aromatic rings. The van der Waals surface area contributed by atoms with Crippen molar-refractivity contribution in [2.24, 2.45) is 0 Å². The van der Waals surface area contributed by atoms with Crippen molar-refractivity contribution >= 4 is 28.7 Å². The summed E-state index contributed by atoms with van der Waals surface area (Å²) in [6.45, 7) is 1.17. The van der Waals surface area contributed by atoms with Crippen LogP contribution < -0.4 is 15.4 Å². The molecule has 198 valence electrons. The number of carbonyl (C=O) groups is 2. The van der Waals surface area contributed by atoms with E-state index >= 15 is 0 Å². The standard InChI is InChI=1S/C28H28F2N4O4/c1-4-28(29,30)11-12-31-26(35)21-13-17(9-10-23(21)34-27(36)38-3)18-14-20-22(16-33-25(20)32-15-18)19-7-5-6-8-24(19)37-2/h5-10,13-16H,4,11-12H2,1-3H3,(H,31,35)(H,32,33)(H,34,36). The van der Waals surface area contributed by atoms with E-state index in [2.05, 4.69) is 25.3 Å². The fraction of sp³-hybridized carbons (Fsp3) is 0.250. The molecule has 2 amide bonds. The molecule has 0 atom stereocenters. The molecule has 3 N–H and O–H groups in total. The summed E-state index contributed by atoms with van der Waals surface area (Å²) >= 11 is 0. The molecule has 8 nitrogen and oxygen atoms in total. The van der Waals surface area contributed by atoms with E-state index in [9.17, 15) is 18.4 Å². The number of nitrogens with one attached hydrogen (secondary N) is 3. The van der Waals surface area contributed by atoms with Crippen LogP contribution in [0.4, 0.5) is 19.3 Å². The van der Waals surface area contributed by atoms with Crippen molar-refractivity contribution in [3.8, 4) is 28.0 Å². The minimum absolute atomic E-state index is 0.104. The maximum absolute atomic E-state index is 13.7. The van der Waals surface area contributed by atoms with Gasteiger partial charge in [-0.2, -0.15) is 0 Å². The highest BCUT2D eigenvalue weighted by Gasteiger charge is 2.26. The average Bonchev–Trinajstić information content (AvgIpc) is 3.36. The van der Waals surface area contributed by atoms with E-state index in [1.54, 1.807) is 31.5 Å². The third-order valence-corrected chi connectivity index (χ3v) is 6.24. The molecule has 0 saturated heterocycles. The monoisotopic (exact) mass is 522 g/mol. The Morgan fingerprint density at radius 2 is 1.84 bits per heavy atom. The van der Waals surface area contributed by atoms with E-state index in [1.165, 1.54) is 14.0 Å². The number of alkyl halides is 2. The first-order chi connectivity index (χ1) is 18.3. The van der Waals surface area contributed by atoms with Gasteiger partial charge in [-0.15, -0.1) is 0 Å². The second kappa shape index (κ2) is 11.3. The summed E-state index contributed by atoms with van der Waals surface area (Å²) in [7, 11) is 2.81. The number of pyridine rings is 1. The first kappa shape index (κ1) is 26.6. The highest BCUT2D eigenvalue weighted by molar-refractivity contribution is 6.04. The Morgan fingerprint density at radius 1 is 1.05 bits per heavy atom. The quantitative estimate of drug-likeness (QED) is 0.241. The molecule has 0 aliphatic rings. The first-order valence-electron chi connectivity index (χ1n) is 12.0. The summed E-state index contributed by atoms with van der Waals surface area (Å²) in [5.41, 5.74) is 4.11. The fourth-order valence-corrected chi connectivity index (χ4v) is 4.06. The van der Waals surface area contributed by atoms with Crippen LogP contribution in [-0.2, 0) is 4.74 Å². The van der Waals surface area contributed by atoms with Gasteiger partial charge in [0.25, 0.3) is 5.91 Å². The van der Waals surface area contributed by atoms with Crippen LogP contribution in [-0.4, -0.2) is 48.7 Å². The Hall–Kier alpha value is -4.47. The van der Waals surface area contributed by atoms with Crippen molar-refractivity contribution < 1.29 is 27.8 Å². The highest BCUT2D eigenvalue weighted by atomic mass is 19.3. The lowest BCUT2D eigenvalue weighted by Gasteiger charge is -2.16. The van der Waals surface area contributed by atoms with Crippen LogP contribution in [0.5, 0.6) is 5.75 Å². The Bertz CT molecular complexity index is 1470. The Kier molecular flexibility index (Phi) is 7.90. The normalized spacial score (nSPS) is 11.3. The number of anilines is 1. The SMILES string of the molecule is CCC(F)(F)CCNC(=O)c1cc(-c2cnc3[nH]cc(-c4ccccc4OC)c3c2)ccc1NC(=O)OC. The van der Waals surface area contributed by atoms with Gasteiger partial charge >= 0.3 is 6.09 Å². The van der Waals surface area contributed by atoms with Crippen LogP contribution in [0.25, 0.3) is 33.3 Å². The van der Waals surface area contributed by atoms with E-state index in [0.717, 1.165) is 16.5 Å². The first-order valence-corrected chi connectivity index (χ1v) is 12.0. The molecule has 2 aromatic heterocycles. The molecule has 38 heavy (non-hydrogen) atoms. The predicted molar refractivity (Wildman–Crippen MR) is 142 cm³/mol. The number of rotatable bonds is 9. The van der Waals surface area contributed by atoms with E-state index in [4.69, 9.17) is 4.74 Å². The Morgan fingerprint density at radius 3 is 2.58 bits per heavy atom. The fourth-order valence-electron chi connectivity index (χ4n) is 4.06. The number of nitrogens with zero attached hydrogens (tertiary/aromatic N) is 1. The number of fused-ring (bicyclic) bond motifs is 1. The Labute approximate surface area is 218 Å². The number of ether oxygens (including phenoxy) is 2. The molecule has 0 bridgehead atoms. The second-order valence-corrected chi connectivity index (χ2v) is 8.62. The van der Waals surface area contributed by atoms with Crippen molar-refractivity contribution in [2.75, 3.05) is 26.1 Å². The van der Waals surface area contributed by atoms with Gasteiger partial charge in [0.2, 0.25) is 5.92 Å². The summed E-state index contributed by atoms with van der Waals surface area (Å²) in [6, 6.07) is 14.4. The van der Waals surface area contributed by atoms with Gasteiger partial charge in [0, 0.05) is 53.9 Å². The van der Waals surface area contributed by atoms with Gasteiger partial charge in [0.15, 0.2) is 0 Å². The maximum atomic E-state index is 13.7. The number of benzene rings is 2. The van der Waals surface area contributed by atoms with Crippen molar-refractivity contribution in [2.45, 2.75) is 25.7 Å². The maximum Gasteiger partial charge on any atom is 0.411 e. The molecule has 0 saturated carbocycles. The average molecular weight is 523 g/mol. The van der Waals surface area contributed by atoms with Gasteiger partial charge in [-0.3, -0.25) is 10.1 Å². The van der Waals surface area contributed by atoms with E-state index in [1.807, 2.05) is 36.5 Å². The van der Waals surface area contributed by atoms with Crippen molar-refractivity contribution in [1.82, 2.24) is 15.3 Å². The molecule has 0 fully saturated rings. The number of para-hydroxylation sites is 1. The predicted octanol–water partition coefficient (Wildman–Crippen LogP) is 6.25. The van der Waals surface area contributed by atoms with Gasteiger partial charge in [-0.05, 0) is 29.8 Å². The van der Waals surface area contributed by atoms with Gasteiger partial charge in [-0.25, -0.2) is 18.6 Å². The van der Waals surface area contributed by atoms with Crippen molar-refractivity contribution in [3.63, 3.8) is 0 Å². The van der Waals surface area contributed by atoms with Gasteiger partial charge in [0.05, 0.1) is 25.5 Å². The molecular formula is C28H28F2N4O4. The van der Waals surface area contributed by atoms with E-state index < -0.39 is 24.3 Å². The minimum atomic E-state index is -2.88. The Balaban J connectivity index is 1.71. The summed E-state index contributed by atoms with van der Waals surface area (Å²) in [6.07, 6.45) is 1.94.